The molecule has 2 rings (SSSR count). The molecule has 6 heteroatoms. The number of likely N-dealkylation sites (N-methyl/N-ethyl adjacent to an activating group) is 2. The maximum Gasteiger partial charge on any atom is 0.270 e. The topological polar surface area (TPSA) is 60.5 Å². The molecule has 0 radical (unpaired) electrons. The summed E-state index contributed by atoms with van der Waals surface area (Å²) in [5.74, 6) is -0.114. The lowest BCUT2D eigenvalue weighted by atomic mass is 10.2. The Morgan fingerprint density at radius 2 is 2.24 bits per heavy atom. The first kappa shape index (κ1) is 15.7. The van der Waals surface area contributed by atoms with Gasteiger partial charge in [-0.3, -0.25) is 14.7 Å². The van der Waals surface area contributed by atoms with Crippen molar-refractivity contribution in [3.63, 3.8) is 0 Å². The van der Waals surface area contributed by atoms with Crippen LogP contribution in [0.2, 0.25) is 0 Å². The molecule has 1 fully saturated rings. The Bertz CT molecular complexity index is 479. The van der Waals surface area contributed by atoms with E-state index in [2.05, 4.69) is 39.5 Å². The number of amides is 1. The van der Waals surface area contributed by atoms with Crippen molar-refractivity contribution in [1.29, 1.82) is 0 Å². The zero-order valence-corrected chi connectivity index (χ0v) is 13.1. The third kappa shape index (κ3) is 4.41. The molecule has 0 spiro atoms. The third-order valence-corrected chi connectivity index (χ3v) is 3.85. The summed E-state index contributed by atoms with van der Waals surface area (Å²) < 4.78 is 0. The molecule has 1 aliphatic rings. The molecule has 6 nitrogen and oxygen atoms in total. The minimum atomic E-state index is -0.114. The Balaban J connectivity index is 1.90. The molecule has 116 valence electrons. The zero-order chi connectivity index (χ0) is 15.2. The molecule has 1 aromatic rings. The maximum atomic E-state index is 12.2. The molecule has 1 unspecified atom stereocenters. The lowest BCUT2D eigenvalue weighted by molar-refractivity contribution is 0.0877. The number of nitrogens with one attached hydrogen (secondary N) is 2. The number of pyridine rings is 1. The first-order valence-corrected chi connectivity index (χ1v) is 7.47. The molecule has 1 aromatic heterocycles. The quantitative estimate of drug-likeness (QED) is 0.827. The molecule has 1 saturated heterocycles. The van der Waals surface area contributed by atoms with E-state index in [1.807, 2.05) is 13.0 Å². The van der Waals surface area contributed by atoms with E-state index in [4.69, 9.17) is 0 Å². The van der Waals surface area contributed by atoms with Gasteiger partial charge in [-0.2, -0.15) is 0 Å². The molecule has 0 saturated carbocycles. The Morgan fingerprint density at radius 3 is 3.00 bits per heavy atom. The largest absolute Gasteiger partial charge is 0.385 e. The smallest absolute Gasteiger partial charge is 0.270 e. The van der Waals surface area contributed by atoms with Gasteiger partial charge in [0, 0.05) is 50.6 Å². The molecule has 21 heavy (non-hydrogen) atoms. The van der Waals surface area contributed by atoms with Gasteiger partial charge in [0.15, 0.2) is 0 Å². The highest BCUT2D eigenvalue weighted by atomic mass is 16.1. The minimum Gasteiger partial charge on any atom is -0.385 e. The van der Waals surface area contributed by atoms with Crippen molar-refractivity contribution in [3.05, 3.63) is 24.0 Å². The van der Waals surface area contributed by atoms with Crippen molar-refractivity contribution in [2.24, 2.45) is 0 Å². The van der Waals surface area contributed by atoms with Gasteiger partial charge in [-0.15, -0.1) is 0 Å². The fourth-order valence-electron chi connectivity index (χ4n) is 2.49. The Kier molecular flexibility index (Phi) is 5.52. The van der Waals surface area contributed by atoms with Gasteiger partial charge < -0.3 is 15.5 Å². The molecular weight excluding hydrogens is 266 g/mol. The minimum absolute atomic E-state index is 0.114. The average molecular weight is 291 g/mol. The van der Waals surface area contributed by atoms with Crippen molar-refractivity contribution in [2.45, 2.75) is 13.0 Å². The van der Waals surface area contributed by atoms with E-state index in [-0.39, 0.29) is 5.91 Å². The summed E-state index contributed by atoms with van der Waals surface area (Å²) in [5, 5.41) is 6.18. The van der Waals surface area contributed by atoms with Crippen LogP contribution in [0.4, 0.5) is 5.69 Å². The van der Waals surface area contributed by atoms with Crippen LogP contribution in [-0.2, 0) is 0 Å². The number of rotatable bonds is 5. The monoisotopic (exact) mass is 291 g/mol. The van der Waals surface area contributed by atoms with Crippen LogP contribution < -0.4 is 10.6 Å². The van der Waals surface area contributed by atoms with Gasteiger partial charge in [-0.25, -0.2) is 0 Å². The van der Waals surface area contributed by atoms with Gasteiger partial charge in [0.05, 0.1) is 0 Å². The van der Waals surface area contributed by atoms with Crippen LogP contribution in [-0.4, -0.2) is 73.6 Å². The first-order valence-electron chi connectivity index (χ1n) is 7.47. The van der Waals surface area contributed by atoms with Crippen molar-refractivity contribution < 1.29 is 4.79 Å². The van der Waals surface area contributed by atoms with Crippen molar-refractivity contribution >= 4 is 11.6 Å². The fourth-order valence-corrected chi connectivity index (χ4v) is 2.49. The van der Waals surface area contributed by atoms with Crippen molar-refractivity contribution in [2.75, 3.05) is 52.1 Å². The Morgan fingerprint density at radius 1 is 1.43 bits per heavy atom. The molecule has 2 N–H and O–H groups in total. The SMILES string of the molecule is CCNc1ccnc(C(=O)NCC2CN(C)CCN2C)c1. The van der Waals surface area contributed by atoms with Crippen molar-refractivity contribution in [1.82, 2.24) is 20.1 Å². The summed E-state index contributed by atoms with van der Waals surface area (Å²) in [6, 6.07) is 4.00. The zero-order valence-electron chi connectivity index (χ0n) is 13.1. The number of carbonyl (C=O) groups is 1. The summed E-state index contributed by atoms with van der Waals surface area (Å²) in [4.78, 5) is 20.9. The van der Waals surface area contributed by atoms with Gasteiger partial charge in [0.1, 0.15) is 5.69 Å². The molecule has 2 heterocycles. The number of piperazine rings is 1. The lowest BCUT2D eigenvalue weighted by Crippen LogP contribution is -2.54. The summed E-state index contributed by atoms with van der Waals surface area (Å²) in [7, 11) is 4.22. The van der Waals surface area contributed by atoms with E-state index in [0.29, 0.717) is 18.3 Å². The van der Waals surface area contributed by atoms with Crippen LogP contribution in [0, 0.1) is 0 Å². The molecule has 1 amide bonds. The van der Waals surface area contributed by atoms with Gasteiger partial charge in [0.2, 0.25) is 0 Å². The third-order valence-electron chi connectivity index (χ3n) is 3.85. The number of nitrogens with zero attached hydrogens (tertiary/aromatic N) is 3. The van der Waals surface area contributed by atoms with Gasteiger partial charge in [-0.1, -0.05) is 0 Å². The van der Waals surface area contributed by atoms with E-state index >= 15 is 0 Å². The van der Waals surface area contributed by atoms with E-state index in [1.165, 1.54) is 0 Å². The second-order valence-electron chi connectivity index (χ2n) is 5.57. The van der Waals surface area contributed by atoms with Crippen LogP contribution in [0.3, 0.4) is 0 Å². The molecule has 1 atom stereocenters. The maximum absolute atomic E-state index is 12.2. The molecular formula is C15H25N5O. The summed E-state index contributed by atoms with van der Waals surface area (Å²) in [6.07, 6.45) is 1.66. The van der Waals surface area contributed by atoms with Crippen LogP contribution in [0.25, 0.3) is 0 Å². The highest BCUT2D eigenvalue weighted by molar-refractivity contribution is 5.93. The predicted molar refractivity (Wildman–Crippen MR) is 84.6 cm³/mol. The van der Waals surface area contributed by atoms with E-state index in [0.717, 1.165) is 31.9 Å². The van der Waals surface area contributed by atoms with Crippen LogP contribution in [0.5, 0.6) is 0 Å². The molecule has 1 aliphatic heterocycles. The molecule has 0 aliphatic carbocycles. The summed E-state index contributed by atoms with van der Waals surface area (Å²) in [5.41, 5.74) is 1.38. The highest BCUT2D eigenvalue weighted by Gasteiger charge is 2.22. The Hall–Kier alpha value is -1.66. The van der Waals surface area contributed by atoms with Crippen LogP contribution >= 0.6 is 0 Å². The molecule has 0 bridgehead atoms. The standard InChI is InChI=1S/C15H25N5O/c1-4-16-12-5-6-17-14(9-12)15(21)18-10-13-11-19(2)7-8-20(13)3/h5-6,9,13H,4,7-8,10-11H2,1-3H3,(H,16,17)(H,18,21). The van der Waals surface area contributed by atoms with Crippen LogP contribution in [0.15, 0.2) is 18.3 Å². The van der Waals surface area contributed by atoms with Gasteiger partial charge in [-0.05, 0) is 33.2 Å². The number of carbonyl (C=O) groups excluding carboxylic acids is 1. The number of hydrogen-bond acceptors (Lipinski definition) is 5. The average Bonchev–Trinajstić information content (AvgIpc) is 2.48. The van der Waals surface area contributed by atoms with Gasteiger partial charge in [0.25, 0.3) is 5.91 Å². The molecule has 0 aromatic carbocycles. The fraction of sp³-hybridized carbons (Fsp3) is 0.600. The highest BCUT2D eigenvalue weighted by Crippen LogP contribution is 2.08. The number of hydrogen-bond donors (Lipinski definition) is 2. The van der Waals surface area contributed by atoms with Crippen LogP contribution in [0.1, 0.15) is 17.4 Å². The van der Waals surface area contributed by atoms with Crippen molar-refractivity contribution in [3.8, 4) is 0 Å². The van der Waals surface area contributed by atoms with E-state index < -0.39 is 0 Å². The van der Waals surface area contributed by atoms with E-state index in [9.17, 15) is 4.79 Å². The van der Waals surface area contributed by atoms with E-state index in [1.54, 1.807) is 12.3 Å². The number of anilines is 1. The Labute approximate surface area is 126 Å². The second-order valence-corrected chi connectivity index (χ2v) is 5.57. The summed E-state index contributed by atoms with van der Waals surface area (Å²) >= 11 is 0. The number of aromatic nitrogens is 1. The lowest BCUT2D eigenvalue weighted by Gasteiger charge is -2.37. The second kappa shape index (κ2) is 7.38. The predicted octanol–water partition coefficient (Wildman–Crippen LogP) is 0.489. The van der Waals surface area contributed by atoms with Gasteiger partial charge >= 0.3 is 0 Å². The first-order chi connectivity index (χ1) is 10.1. The summed E-state index contributed by atoms with van der Waals surface area (Å²) in [6.45, 7) is 6.58. The normalized spacial score (nSPS) is 20.2.